The summed E-state index contributed by atoms with van der Waals surface area (Å²) in [5.74, 6) is 0.523. The van der Waals surface area contributed by atoms with E-state index in [9.17, 15) is 4.79 Å². The molecule has 2 aromatic rings. The average molecular weight is 474 g/mol. The van der Waals surface area contributed by atoms with Crippen molar-refractivity contribution in [3.63, 3.8) is 0 Å². The summed E-state index contributed by atoms with van der Waals surface area (Å²) in [4.78, 5) is 19.9. The van der Waals surface area contributed by atoms with E-state index in [-0.39, 0.29) is 29.9 Å². The van der Waals surface area contributed by atoms with Gasteiger partial charge in [0.25, 0.3) is 5.91 Å². The Morgan fingerprint density at radius 3 is 2.48 bits per heavy atom. The minimum absolute atomic E-state index is 0. The van der Waals surface area contributed by atoms with Crippen molar-refractivity contribution in [1.82, 2.24) is 20.9 Å². The fraction of sp³-hybridized carbons (Fsp3) is 0.235. The first-order chi connectivity index (χ1) is 11.7. The molecule has 0 atom stereocenters. The Morgan fingerprint density at radius 2 is 1.84 bits per heavy atom. The van der Waals surface area contributed by atoms with Gasteiger partial charge >= 0.3 is 0 Å². The van der Waals surface area contributed by atoms with Crippen LogP contribution in [-0.2, 0) is 6.54 Å². The molecule has 134 valence electrons. The lowest BCUT2D eigenvalue weighted by atomic mass is 10.2. The van der Waals surface area contributed by atoms with Crippen LogP contribution in [0.3, 0.4) is 0 Å². The number of hydrogen-bond donors (Lipinski definition) is 3. The number of carbonyl (C=O) groups excluding carboxylic acids is 1. The lowest BCUT2D eigenvalue weighted by Gasteiger charge is -2.12. The molecule has 6 nitrogen and oxygen atoms in total. The molecule has 8 heteroatoms. The van der Waals surface area contributed by atoms with Crippen LogP contribution in [0.4, 0.5) is 0 Å². The van der Waals surface area contributed by atoms with Gasteiger partial charge in [-0.3, -0.25) is 14.8 Å². The highest BCUT2D eigenvalue weighted by Crippen LogP contribution is 2.08. The summed E-state index contributed by atoms with van der Waals surface area (Å²) in [6.45, 7) is 1.68. The maximum Gasteiger partial charge on any atom is 0.252 e. The van der Waals surface area contributed by atoms with Crippen molar-refractivity contribution in [3.8, 4) is 0 Å². The fourth-order valence-corrected chi connectivity index (χ4v) is 2.09. The molecule has 1 amide bonds. The summed E-state index contributed by atoms with van der Waals surface area (Å²) in [7, 11) is 1.70. The van der Waals surface area contributed by atoms with E-state index in [1.54, 1.807) is 25.4 Å². The zero-order chi connectivity index (χ0) is 17.2. The molecule has 0 aliphatic carbocycles. The van der Waals surface area contributed by atoms with Crippen LogP contribution in [-0.4, -0.2) is 37.0 Å². The van der Waals surface area contributed by atoms with Gasteiger partial charge in [-0.15, -0.1) is 24.0 Å². The van der Waals surface area contributed by atoms with Crippen LogP contribution in [0.5, 0.6) is 0 Å². The van der Waals surface area contributed by atoms with Crippen molar-refractivity contribution in [2.75, 3.05) is 20.1 Å². The second kappa shape index (κ2) is 11.6. The summed E-state index contributed by atoms with van der Waals surface area (Å²) in [5.41, 5.74) is 1.65. The number of rotatable bonds is 6. The first-order valence-electron chi connectivity index (χ1n) is 7.56. The highest BCUT2D eigenvalue weighted by atomic mass is 127. The van der Waals surface area contributed by atoms with E-state index in [2.05, 4.69) is 25.9 Å². The molecular formula is C17H21ClIN5O. The normalized spacial score (nSPS) is 10.6. The van der Waals surface area contributed by atoms with Crippen molar-refractivity contribution >= 4 is 47.4 Å². The summed E-state index contributed by atoms with van der Waals surface area (Å²) in [5, 5.41) is 9.87. The first-order valence-corrected chi connectivity index (χ1v) is 7.94. The van der Waals surface area contributed by atoms with Crippen molar-refractivity contribution in [2.24, 2.45) is 4.99 Å². The van der Waals surface area contributed by atoms with Crippen LogP contribution in [0, 0.1) is 0 Å². The zero-order valence-electron chi connectivity index (χ0n) is 13.8. The van der Waals surface area contributed by atoms with Crippen LogP contribution >= 0.6 is 35.6 Å². The third-order valence-electron chi connectivity index (χ3n) is 3.22. The van der Waals surface area contributed by atoms with Crippen LogP contribution in [0.2, 0.25) is 5.02 Å². The molecule has 0 spiro atoms. The largest absolute Gasteiger partial charge is 0.355 e. The van der Waals surface area contributed by atoms with Gasteiger partial charge in [0.2, 0.25) is 0 Å². The number of carbonyl (C=O) groups is 1. The molecule has 0 unspecified atom stereocenters. The molecular weight excluding hydrogens is 453 g/mol. The molecule has 1 heterocycles. The van der Waals surface area contributed by atoms with E-state index in [1.165, 1.54) is 6.20 Å². The zero-order valence-corrected chi connectivity index (χ0v) is 16.9. The third kappa shape index (κ3) is 7.70. The lowest BCUT2D eigenvalue weighted by Crippen LogP contribution is -2.41. The van der Waals surface area contributed by atoms with Crippen LogP contribution < -0.4 is 16.0 Å². The molecule has 0 saturated heterocycles. The molecule has 0 aliphatic heterocycles. The number of nitrogens with zero attached hydrogens (tertiary/aromatic N) is 2. The second-order valence-electron chi connectivity index (χ2n) is 4.98. The van der Waals surface area contributed by atoms with Gasteiger partial charge in [-0.25, -0.2) is 0 Å². The predicted octanol–water partition coefficient (Wildman–Crippen LogP) is 2.45. The Hall–Kier alpha value is -1.87. The molecule has 0 saturated carbocycles. The van der Waals surface area contributed by atoms with Crippen molar-refractivity contribution in [2.45, 2.75) is 6.54 Å². The summed E-state index contributed by atoms with van der Waals surface area (Å²) < 4.78 is 0. The minimum atomic E-state index is -0.144. The molecule has 2 rings (SSSR count). The van der Waals surface area contributed by atoms with E-state index in [0.717, 1.165) is 5.56 Å². The summed E-state index contributed by atoms with van der Waals surface area (Å²) >= 11 is 5.86. The van der Waals surface area contributed by atoms with Gasteiger partial charge in [0.15, 0.2) is 5.96 Å². The van der Waals surface area contributed by atoms with Crippen molar-refractivity contribution in [1.29, 1.82) is 0 Å². The van der Waals surface area contributed by atoms with Gasteiger partial charge in [0.1, 0.15) is 0 Å². The standard InChI is InChI=1S/C17H20ClN5O.HI/c1-19-17(23-11-13-4-6-15(18)7-5-13)22-10-9-21-16(24)14-3-2-8-20-12-14;/h2-8,12H,9-11H2,1H3,(H,21,24)(H2,19,22,23);1H. The third-order valence-corrected chi connectivity index (χ3v) is 3.48. The maximum absolute atomic E-state index is 11.9. The molecule has 0 fully saturated rings. The van der Waals surface area contributed by atoms with E-state index in [0.29, 0.717) is 36.2 Å². The topological polar surface area (TPSA) is 78.4 Å². The van der Waals surface area contributed by atoms with E-state index in [4.69, 9.17) is 11.6 Å². The van der Waals surface area contributed by atoms with Gasteiger partial charge in [-0.1, -0.05) is 23.7 Å². The number of aliphatic imine (C=N–C) groups is 1. The minimum Gasteiger partial charge on any atom is -0.355 e. The van der Waals surface area contributed by atoms with Crippen molar-refractivity contribution in [3.05, 3.63) is 64.9 Å². The van der Waals surface area contributed by atoms with E-state index >= 15 is 0 Å². The van der Waals surface area contributed by atoms with Gasteiger partial charge in [-0.05, 0) is 29.8 Å². The summed E-state index contributed by atoms with van der Waals surface area (Å²) in [6, 6.07) is 11.1. The Labute approximate surface area is 169 Å². The molecule has 0 bridgehead atoms. The van der Waals surface area contributed by atoms with Gasteiger partial charge in [0.05, 0.1) is 5.56 Å². The number of guanidine groups is 1. The highest BCUT2D eigenvalue weighted by molar-refractivity contribution is 14.0. The number of amides is 1. The summed E-state index contributed by atoms with van der Waals surface area (Å²) in [6.07, 6.45) is 3.17. The first kappa shape index (κ1) is 21.2. The number of benzene rings is 1. The smallest absolute Gasteiger partial charge is 0.252 e. The fourth-order valence-electron chi connectivity index (χ4n) is 1.96. The molecule has 1 aromatic carbocycles. The van der Waals surface area contributed by atoms with Crippen LogP contribution in [0.25, 0.3) is 0 Å². The van der Waals surface area contributed by atoms with E-state index < -0.39 is 0 Å². The SMILES string of the molecule is CN=C(NCCNC(=O)c1cccnc1)NCc1ccc(Cl)cc1.I. The van der Waals surface area contributed by atoms with Crippen molar-refractivity contribution < 1.29 is 4.79 Å². The highest BCUT2D eigenvalue weighted by Gasteiger charge is 2.04. The Bertz CT molecular complexity index is 679. The lowest BCUT2D eigenvalue weighted by molar-refractivity contribution is 0.0954. The average Bonchev–Trinajstić information content (AvgIpc) is 2.63. The van der Waals surface area contributed by atoms with Crippen LogP contribution in [0.15, 0.2) is 53.8 Å². The van der Waals surface area contributed by atoms with E-state index in [1.807, 2.05) is 24.3 Å². The quantitative estimate of drug-likeness (QED) is 0.261. The van der Waals surface area contributed by atoms with Gasteiger partial charge in [-0.2, -0.15) is 0 Å². The number of hydrogen-bond acceptors (Lipinski definition) is 3. The Balaban J connectivity index is 0.00000312. The molecule has 0 aliphatic rings. The Kier molecular flexibility index (Phi) is 9.86. The molecule has 0 radical (unpaired) electrons. The van der Waals surface area contributed by atoms with Gasteiger partial charge in [0, 0.05) is 44.1 Å². The maximum atomic E-state index is 11.9. The number of pyridine rings is 1. The number of aromatic nitrogens is 1. The Morgan fingerprint density at radius 1 is 1.12 bits per heavy atom. The number of halogens is 2. The molecule has 25 heavy (non-hydrogen) atoms. The molecule has 3 N–H and O–H groups in total. The molecule has 1 aromatic heterocycles. The van der Waals surface area contributed by atoms with Gasteiger partial charge < -0.3 is 16.0 Å². The van der Waals surface area contributed by atoms with Crippen LogP contribution in [0.1, 0.15) is 15.9 Å². The predicted molar refractivity (Wildman–Crippen MR) is 112 cm³/mol. The monoisotopic (exact) mass is 473 g/mol. The number of nitrogens with one attached hydrogen (secondary N) is 3. The second-order valence-corrected chi connectivity index (χ2v) is 5.41.